The number of anilines is 1. The zero-order valence-corrected chi connectivity index (χ0v) is 12.0. The second-order valence-corrected chi connectivity index (χ2v) is 5.42. The molecule has 3 heteroatoms. The molecule has 2 aromatic carbocycles. The normalized spacial score (nSPS) is 23.6. The first-order valence-corrected chi connectivity index (χ1v) is 7.03. The van der Waals surface area contributed by atoms with Crippen molar-refractivity contribution in [3.8, 4) is 0 Å². The zero-order valence-electron chi connectivity index (χ0n) is 12.0. The Balaban J connectivity index is 2.09. The van der Waals surface area contributed by atoms with Crippen LogP contribution in [0.5, 0.6) is 0 Å². The van der Waals surface area contributed by atoms with Crippen molar-refractivity contribution >= 4 is 5.69 Å². The highest BCUT2D eigenvalue weighted by atomic mass is 19.1. The van der Waals surface area contributed by atoms with E-state index in [4.69, 9.17) is 0 Å². The number of para-hydroxylation sites is 1. The van der Waals surface area contributed by atoms with Gasteiger partial charge in [-0.2, -0.15) is 0 Å². The third kappa shape index (κ3) is 2.09. The Labute approximate surface area is 124 Å². The van der Waals surface area contributed by atoms with Crippen molar-refractivity contribution in [1.29, 1.82) is 0 Å². The molecule has 108 valence electrons. The molecular weight excluding hydrogens is 265 g/mol. The van der Waals surface area contributed by atoms with Gasteiger partial charge in [-0.25, -0.2) is 4.39 Å². The number of aliphatic hydroxyl groups is 1. The molecular formula is C18H18FNO. The molecule has 1 N–H and O–H groups in total. The average Bonchev–Trinajstić information content (AvgIpc) is 2.54. The number of halogens is 1. The smallest absolute Gasteiger partial charge is 0.146 e. The first-order valence-electron chi connectivity index (χ1n) is 7.03. The van der Waals surface area contributed by atoms with Gasteiger partial charge in [-0.1, -0.05) is 48.5 Å². The summed E-state index contributed by atoms with van der Waals surface area (Å²) in [5, 5.41) is 9.92. The van der Waals surface area contributed by atoms with Crippen LogP contribution < -0.4 is 4.90 Å². The van der Waals surface area contributed by atoms with Crippen LogP contribution in [0.2, 0.25) is 0 Å². The van der Waals surface area contributed by atoms with Crippen molar-refractivity contribution in [3.63, 3.8) is 0 Å². The van der Waals surface area contributed by atoms with Gasteiger partial charge in [0.25, 0.3) is 0 Å². The molecule has 0 bridgehead atoms. The number of nitrogens with zero attached hydrogens (tertiary/aromatic N) is 1. The first kappa shape index (κ1) is 13.7. The third-order valence-corrected chi connectivity index (χ3v) is 4.32. The van der Waals surface area contributed by atoms with Gasteiger partial charge in [0.15, 0.2) is 0 Å². The van der Waals surface area contributed by atoms with Crippen molar-refractivity contribution < 1.29 is 9.50 Å². The Morgan fingerprint density at radius 3 is 2.24 bits per heavy atom. The molecule has 0 saturated carbocycles. The number of aliphatic hydroxyl groups excluding tert-OH is 1. The molecule has 0 spiro atoms. The van der Waals surface area contributed by atoms with E-state index in [0.717, 1.165) is 16.8 Å². The fraction of sp³-hybridized carbons (Fsp3) is 0.222. The summed E-state index contributed by atoms with van der Waals surface area (Å²) in [5.41, 5.74) is 2.37. The summed E-state index contributed by atoms with van der Waals surface area (Å²) in [4.78, 5) is 2.18. The standard InChI is InChI=1S/C18H18FNO/c1-18(14-8-4-2-5-9-14)16(17(21)12-19)13-20(18)15-10-6-3-7-11-15/h2-11,21H,12-13H2,1H3. The molecule has 2 nitrogen and oxygen atoms in total. The minimum Gasteiger partial charge on any atom is -0.509 e. The van der Waals surface area contributed by atoms with E-state index in [1.807, 2.05) is 67.6 Å². The quantitative estimate of drug-likeness (QED) is 0.853. The second kappa shape index (κ2) is 5.24. The molecule has 2 aromatic rings. The maximum absolute atomic E-state index is 12.9. The highest BCUT2D eigenvalue weighted by Gasteiger charge is 2.48. The summed E-state index contributed by atoms with van der Waals surface area (Å²) in [6.07, 6.45) is 0. The van der Waals surface area contributed by atoms with Gasteiger partial charge in [-0.05, 0) is 24.6 Å². The maximum Gasteiger partial charge on any atom is 0.146 e. The topological polar surface area (TPSA) is 23.5 Å². The van der Waals surface area contributed by atoms with Gasteiger partial charge >= 0.3 is 0 Å². The van der Waals surface area contributed by atoms with E-state index in [1.165, 1.54) is 0 Å². The fourth-order valence-electron chi connectivity index (χ4n) is 3.04. The lowest BCUT2D eigenvalue weighted by atomic mass is 9.74. The summed E-state index contributed by atoms with van der Waals surface area (Å²) in [6.45, 7) is 1.76. The van der Waals surface area contributed by atoms with Gasteiger partial charge in [0.2, 0.25) is 0 Å². The van der Waals surface area contributed by atoms with Crippen LogP contribution in [0.15, 0.2) is 72.0 Å². The lowest BCUT2D eigenvalue weighted by Gasteiger charge is -2.55. The van der Waals surface area contributed by atoms with E-state index >= 15 is 0 Å². The van der Waals surface area contributed by atoms with Gasteiger partial charge in [-0.15, -0.1) is 0 Å². The molecule has 1 saturated heterocycles. The zero-order chi connectivity index (χ0) is 14.9. The van der Waals surface area contributed by atoms with Crippen LogP contribution in [0.4, 0.5) is 10.1 Å². The largest absolute Gasteiger partial charge is 0.509 e. The maximum atomic E-state index is 12.9. The average molecular weight is 283 g/mol. The van der Waals surface area contributed by atoms with Gasteiger partial charge in [-0.3, -0.25) is 0 Å². The summed E-state index contributed by atoms with van der Waals surface area (Å²) in [6, 6.07) is 19.9. The molecule has 21 heavy (non-hydrogen) atoms. The van der Waals surface area contributed by atoms with E-state index in [1.54, 1.807) is 0 Å². The number of allylic oxidation sites excluding steroid dienone is 1. The Morgan fingerprint density at radius 2 is 1.67 bits per heavy atom. The van der Waals surface area contributed by atoms with Crippen LogP contribution >= 0.6 is 0 Å². The molecule has 3 rings (SSSR count). The number of hydrogen-bond donors (Lipinski definition) is 1. The predicted molar refractivity (Wildman–Crippen MR) is 83.2 cm³/mol. The summed E-state index contributed by atoms with van der Waals surface area (Å²) >= 11 is 0. The lowest BCUT2D eigenvalue weighted by Crippen LogP contribution is -2.58. The van der Waals surface area contributed by atoms with Crippen LogP contribution in [0.1, 0.15) is 12.5 Å². The Kier molecular flexibility index (Phi) is 3.42. The highest BCUT2D eigenvalue weighted by Crippen LogP contribution is 2.48. The highest BCUT2D eigenvalue weighted by molar-refractivity contribution is 5.63. The fourth-order valence-corrected chi connectivity index (χ4v) is 3.04. The van der Waals surface area contributed by atoms with Crippen molar-refractivity contribution in [2.45, 2.75) is 12.5 Å². The van der Waals surface area contributed by atoms with E-state index < -0.39 is 12.2 Å². The van der Waals surface area contributed by atoms with Crippen LogP contribution in [-0.2, 0) is 5.54 Å². The van der Waals surface area contributed by atoms with E-state index in [0.29, 0.717) is 6.54 Å². The number of benzene rings is 2. The molecule has 0 aromatic heterocycles. The Hall–Kier alpha value is -2.29. The predicted octanol–water partition coefficient (Wildman–Crippen LogP) is 4.20. The minimum absolute atomic E-state index is 0.145. The van der Waals surface area contributed by atoms with Crippen molar-refractivity contribution in [2.75, 3.05) is 18.1 Å². The number of alkyl halides is 1. The van der Waals surface area contributed by atoms with Crippen LogP contribution in [0, 0.1) is 0 Å². The molecule has 0 radical (unpaired) electrons. The summed E-state index contributed by atoms with van der Waals surface area (Å²) < 4.78 is 12.9. The van der Waals surface area contributed by atoms with E-state index in [9.17, 15) is 9.50 Å². The second-order valence-electron chi connectivity index (χ2n) is 5.42. The molecule has 1 fully saturated rings. The van der Waals surface area contributed by atoms with Gasteiger partial charge in [0.1, 0.15) is 12.4 Å². The van der Waals surface area contributed by atoms with Gasteiger partial charge in [0.05, 0.1) is 5.54 Å². The molecule has 0 aliphatic carbocycles. The molecule has 1 aliphatic heterocycles. The minimum atomic E-state index is -0.819. The van der Waals surface area contributed by atoms with Crippen molar-refractivity contribution in [1.82, 2.24) is 0 Å². The summed E-state index contributed by atoms with van der Waals surface area (Å²) in [7, 11) is 0. The monoisotopic (exact) mass is 283 g/mol. The van der Waals surface area contributed by atoms with Crippen LogP contribution in [0.3, 0.4) is 0 Å². The number of hydrogen-bond acceptors (Lipinski definition) is 2. The van der Waals surface area contributed by atoms with Crippen LogP contribution in [-0.4, -0.2) is 18.3 Å². The van der Waals surface area contributed by atoms with Crippen LogP contribution in [0.25, 0.3) is 0 Å². The van der Waals surface area contributed by atoms with Gasteiger partial charge in [0, 0.05) is 17.8 Å². The van der Waals surface area contributed by atoms with Crippen molar-refractivity contribution in [3.05, 3.63) is 77.6 Å². The molecule has 1 aliphatic rings. The Morgan fingerprint density at radius 1 is 1.10 bits per heavy atom. The SMILES string of the molecule is CC1(c2ccccc2)C(=C(O)CF)CN1c1ccccc1. The molecule has 0 amide bonds. The first-order chi connectivity index (χ1) is 10.2. The number of rotatable bonds is 3. The molecule has 1 atom stereocenters. The van der Waals surface area contributed by atoms with E-state index in [-0.39, 0.29) is 5.76 Å². The van der Waals surface area contributed by atoms with Gasteiger partial charge < -0.3 is 10.0 Å². The molecule has 1 heterocycles. The third-order valence-electron chi connectivity index (χ3n) is 4.32. The lowest BCUT2D eigenvalue weighted by molar-refractivity contribution is 0.301. The van der Waals surface area contributed by atoms with Crippen molar-refractivity contribution in [2.24, 2.45) is 0 Å². The van der Waals surface area contributed by atoms with E-state index in [2.05, 4.69) is 4.90 Å². The molecule has 1 unspecified atom stereocenters. The Bertz CT molecular complexity index is 653. The summed E-state index contributed by atoms with van der Waals surface area (Å²) in [5.74, 6) is -0.145.